The van der Waals surface area contributed by atoms with Gasteiger partial charge in [0.05, 0.1) is 55.5 Å². The van der Waals surface area contributed by atoms with Gasteiger partial charge in [0.1, 0.15) is 0 Å². The van der Waals surface area contributed by atoms with Gasteiger partial charge in [0.2, 0.25) is 0 Å². The van der Waals surface area contributed by atoms with Crippen LogP contribution in [0.15, 0.2) is 291 Å². The summed E-state index contributed by atoms with van der Waals surface area (Å²) in [6.07, 6.45) is 0. The lowest BCUT2D eigenvalue weighted by molar-refractivity contribution is 1.16. The molecular formula is C72H48N4Si. The van der Waals surface area contributed by atoms with E-state index in [2.05, 4.69) is 309 Å². The Morgan fingerprint density at radius 3 is 0.948 bits per heavy atom. The van der Waals surface area contributed by atoms with E-state index in [1.54, 1.807) is 0 Å². The zero-order valence-electron chi connectivity index (χ0n) is 42.0. The lowest BCUT2D eigenvalue weighted by atomic mass is 10.1. The summed E-state index contributed by atoms with van der Waals surface area (Å²) in [6.45, 7) is 0. The van der Waals surface area contributed by atoms with E-state index in [-0.39, 0.29) is 0 Å². The van der Waals surface area contributed by atoms with Crippen molar-refractivity contribution < 1.29 is 0 Å². The van der Waals surface area contributed by atoms with E-state index >= 15 is 0 Å². The molecule has 0 spiro atoms. The van der Waals surface area contributed by atoms with Crippen molar-refractivity contribution in [3.8, 4) is 22.7 Å². The first-order valence-corrected chi connectivity index (χ1v) is 28.6. The van der Waals surface area contributed by atoms with E-state index in [9.17, 15) is 0 Å². The summed E-state index contributed by atoms with van der Waals surface area (Å²) in [5.41, 5.74) is 13.9. The smallest absolute Gasteiger partial charge is 0.179 e. The average Bonchev–Trinajstić information content (AvgIpc) is 4.35. The SMILES string of the molecule is c1ccc([Si](c2ccccc2)(c2ccccc2)c2cccc(-n3c4ccccc4c4cc(-n5c6cccc(-n7c8ccccc8c8ccccc87)c6c6c(-n7c8ccccc8c8ccccc87)cccc65)ccc43)c2)cc1. The van der Waals surface area contributed by atoms with Gasteiger partial charge in [0.15, 0.2) is 8.07 Å². The highest BCUT2D eigenvalue weighted by Gasteiger charge is 2.41. The second-order valence-corrected chi connectivity index (χ2v) is 24.2. The van der Waals surface area contributed by atoms with Gasteiger partial charge in [-0.05, 0) is 106 Å². The molecule has 0 saturated carbocycles. The van der Waals surface area contributed by atoms with Crippen molar-refractivity contribution in [2.45, 2.75) is 0 Å². The fourth-order valence-corrected chi connectivity index (χ4v) is 18.2. The van der Waals surface area contributed by atoms with Crippen LogP contribution < -0.4 is 20.7 Å². The van der Waals surface area contributed by atoms with Gasteiger partial charge >= 0.3 is 0 Å². The molecule has 0 atom stereocenters. The second-order valence-electron chi connectivity index (χ2n) is 20.4. The van der Waals surface area contributed by atoms with Crippen LogP contribution in [-0.2, 0) is 0 Å². The Bertz CT molecular complexity index is 4610. The summed E-state index contributed by atoms with van der Waals surface area (Å²) >= 11 is 0. The maximum absolute atomic E-state index is 2.81. The van der Waals surface area contributed by atoms with Crippen LogP contribution in [0.4, 0.5) is 0 Å². The van der Waals surface area contributed by atoms with Crippen LogP contribution in [0.2, 0.25) is 0 Å². The van der Waals surface area contributed by atoms with Crippen LogP contribution in [-0.4, -0.2) is 26.3 Å². The minimum atomic E-state index is -2.81. The molecule has 0 saturated heterocycles. The molecule has 4 aromatic heterocycles. The van der Waals surface area contributed by atoms with Crippen LogP contribution in [0.5, 0.6) is 0 Å². The highest BCUT2D eigenvalue weighted by molar-refractivity contribution is 7.19. The van der Waals surface area contributed by atoms with E-state index < -0.39 is 8.07 Å². The Kier molecular flexibility index (Phi) is 9.62. The zero-order valence-corrected chi connectivity index (χ0v) is 43.0. The topological polar surface area (TPSA) is 19.7 Å². The number of aromatic nitrogens is 4. The average molecular weight is 997 g/mol. The lowest BCUT2D eigenvalue weighted by Gasteiger charge is -2.34. The number of hydrogen-bond donors (Lipinski definition) is 0. The van der Waals surface area contributed by atoms with E-state index in [0.717, 1.165) is 39.3 Å². The van der Waals surface area contributed by atoms with Crippen molar-refractivity contribution in [1.82, 2.24) is 18.3 Å². The number of fused-ring (bicyclic) bond motifs is 12. The van der Waals surface area contributed by atoms with E-state index in [0.29, 0.717) is 0 Å². The van der Waals surface area contributed by atoms with Gasteiger partial charge < -0.3 is 18.3 Å². The molecule has 0 N–H and O–H groups in total. The molecule has 0 amide bonds. The number of hydrogen-bond acceptors (Lipinski definition) is 0. The van der Waals surface area contributed by atoms with Gasteiger partial charge in [-0.1, -0.05) is 206 Å². The number of benzene rings is 12. The molecule has 0 aliphatic rings. The molecule has 0 aliphatic carbocycles. The van der Waals surface area contributed by atoms with Crippen LogP contribution in [0.3, 0.4) is 0 Å². The summed E-state index contributed by atoms with van der Waals surface area (Å²) in [5, 5.41) is 15.2. The highest BCUT2D eigenvalue weighted by Crippen LogP contribution is 2.45. The van der Waals surface area contributed by atoms with Gasteiger partial charge in [-0.15, -0.1) is 0 Å². The largest absolute Gasteiger partial charge is 0.309 e. The summed E-state index contributed by atoms with van der Waals surface area (Å²) in [6, 6.07) is 108. The first-order valence-electron chi connectivity index (χ1n) is 26.6. The van der Waals surface area contributed by atoms with Crippen molar-refractivity contribution in [2.24, 2.45) is 0 Å². The summed E-state index contributed by atoms with van der Waals surface area (Å²) < 4.78 is 10.0. The fourth-order valence-electron chi connectivity index (χ4n) is 13.4. The van der Waals surface area contributed by atoms with Gasteiger partial charge in [0.25, 0.3) is 0 Å². The Morgan fingerprint density at radius 2 is 0.506 bits per heavy atom. The standard InChI is InChI=1S/C72H48N4Si/c1-4-24-51(25-5-1)77(52-26-6-2-7-27-52,53-28-8-3-9-29-53)54-30-20-23-49(47-54)73-61-36-15-14-35-59(61)60-48-50(45-46-66(60)73)74-67-41-21-43-69(75-62-37-16-10-31-55(62)56-32-11-17-38-63(56)75)71(67)72-68(74)42-22-44-70(72)76-64-39-18-12-33-57(64)58-34-13-19-40-65(58)76/h1-48H. The lowest BCUT2D eigenvalue weighted by Crippen LogP contribution is -2.74. The Labute approximate surface area is 445 Å². The maximum Gasteiger partial charge on any atom is 0.179 e. The quantitative estimate of drug-likeness (QED) is 0.107. The van der Waals surface area contributed by atoms with E-state index in [1.807, 2.05) is 0 Å². The van der Waals surface area contributed by atoms with E-state index in [4.69, 9.17) is 0 Å². The third kappa shape index (κ3) is 6.26. The van der Waals surface area contributed by atoms with Gasteiger partial charge in [0, 0.05) is 54.5 Å². The molecule has 0 fully saturated rings. The van der Waals surface area contributed by atoms with Crippen LogP contribution in [0.25, 0.3) is 110 Å². The third-order valence-electron chi connectivity index (χ3n) is 16.5. The summed E-state index contributed by atoms with van der Waals surface area (Å²) in [5.74, 6) is 0. The van der Waals surface area contributed by atoms with Gasteiger partial charge in [-0.25, -0.2) is 0 Å². The Balaban J connectivity index is 0.971. The Morgan fingerprint density at radius 1 is 0.195 bits per heavy atom. The summed E-state index contributed by atoms with van der Waals surface area (Å²) in [4.78, 5) is 0. The monoisotopic (exact) mass is 996 g/mol. The number of nitrogens with zero attached hydrogens (tertiary/aromatic N) is 4. The van der Waals surface area contributed by atoms with Crippen LogP contribution in [0.1, 0.15) is 0 Å². The molecule has 0 bridgehead atoms. The van der Waals surface area contributed by atoms with Gasteiger partial charge in [-0.3, -0.25) is 0 Å². The molecule has 16 rings (SSSR count). The highest BCUT2D eigenvalue weighted by atomic mass is 28.3. The second kappa shape index (κ2) is 17.0. The molecular weight excluding hydrogens is 949 g/mol. The van der Waals surface area contributed by atoms with E-state index in [1.165, 1.54) is 91.4 Å². The fraction of sp³-hybridized carbons (Fsp3) is 0. The molecule has 12 aromatic carbocycles. The Hall–Kier alpha value is -9.94. The molecule has 16 aromatic rings. The van der Waals surface area contributed by atoms with Crippen molar-refractivity contribution >= 4 is 116 Å². The third-order valence-corrected chi connectivity index (χ3v) is 21.3. The first-order chi connectivity index (χ1) is 38.3. The minimum absolute atomic E-state index is 1.11. The zero-order chi connectivity index (χ0) is 50.6. The number of para-hydroxylation sites is 5. The molecule has 0 radical (unpaired) electrons. The maximum atomic E-state index is 2.52. The molecule has 4 heterocycles. The van der Waals surface area contributed by atoms with Crippen LogP contribution >= 0.6 is 0 Å². The normalized spacial score (nSPS) is 12.2. The molecule has 0 aliphatic heterocycles. The van der Waals surface area contributed by atoms with Crippen LogP contribution in [0, 0.1) is 0 Å². The summed E-state index contributed by atoms with van der Waals surface area (Å²) in [7, 11) is -2.81. The number of rotatable bonds is 8. The van der Waals surface area contributed by atoms with Crippen molar-refractivity contribution in [2.75, 3.05) is 0 Å². The van der Waals surface area contributed by atoms with Crippen molar-refractivity contribution in [1.29, 1.82) is 0 Å². The first kappa shape index (κ1) is 43.5. The molecule has 5 heteroatoms. The van der Waals surface area contributed by atoms with Crippen molar-refractivity contribution in [3.05, 3.63) is 291 Å². The molecule has 360 valence electrons. The molecule has 77 heavy (non-hydrogen) atoms. The predicted molar refractivity (Wildman–Crippen MR) is 327 cm³/mol. The molecule has 0 unspecified atom stereocenters. The molecule has 4 nitrogen and oxygen atoms in total. The van der Waals surface area contributed by atoms with Crippen molar-refractivity contribution in [3.63, 3.8) is 0 Å². The minimum Gasteiger partial charge on any atom is -0.309 e. The predicted octanol–water partition coefficient (Wildman–Crippen LogP) is 15.5. The van der Waals surface area contributed by atoms with Gasteiger partial charge in [-0.2, -0.15) is 0 Å².